The second kappa shape index (κ2) is 11.3. The zero-order valence-electron chi connectivity index (χ0n) is 15.4. The lowest BCUT2D eigenvalue weighted by Crippen LogP contribution is -2.02. The van der Waals surface area contributed by atoms with Crippen molar-refractivity contribution in [3.8, 4) is 5.75 Å². The normalized spacial score (nSPS) is 12.6. The van der Waals surface area contributed by atoms with Crippen molar-refractivity contribution in [1.82, 2.24) is 0 Å². The van der Waals surface area contributed by atoms with Gasteiger partial charge in [0.2, 0.25) is 0 Å². The van der Waals surface area contributed by atoms with Gasteiger partial charge in [0, 0.05) is 17.0 Å². The van der Waals surface area contributed by atoms with Gasteiger partial charge in [-0.15, -0.1) is 0 Å². The first-order valence-electron chi connectivity index (χ1n) is 8.99. The highest BCUT2D eigenvalue weighted by Crippen LogP contribution is 2.25. The molecule has 4 nitrogen and oxygen atoms in total. The molecule has 0 N–H and O–H groups in total. The number of allylic oxidation sites excluding steroid dienone is 2. The number of nitrogens with zero attached hydrogens (tertiary/aromatic N) is 1. The third-order valence-corrected chi connectivity index (χ3v) is 4.75. The Balaban J connectivity index is 0.000000273. The van der Waals surface area contributed by atoms with Gasteiger partial charge in [-0.25, -0.2) is 0 Å². The number of benzene rings is 2. The Morgan fingerprint density at radius 2 is 1.93 bits per heavy atom. The highest BCUT2D eigenvalue weighted by molar-refractivity contribution is 9.08. The average Bonchev–Trinajstić information content (AvgIpc) is 2.73. The number of hydrogen-bond donors (Lipinski definition) is 0. The van der Waals surface area contributed by atoms with Crippen LogP contribution in [-0.2, 0) is 11.8 Å². The number of ether oxygens (including phenoxy) is 1. The maximum absolute atomic E-state index is 10.8. The summed E-state index contributed by atoms with van der Waals surface area (Å²) in [6.45, 7) is 2.41. The fourth-order valence-corrected chi connectivity index (χ4v) is 3.00. The molecule has 3 rings (SSSR count). The van der Waals surface area contributed by atoms with Gasteiger partial charge in [0.15, 0.2) is 0 Å². The van der Waals surface area contributed by atoms with E-state index in [-0.39, 0.29) is 10.6 Å². The molecule has 27 heavy (non-hydrogen) atoms. The van der Waals surface area contributed by atoms with Crippen molar-refractivity contribution in [3.05, 3.63) is 93.6 Å². The predicted octanol–water partition coefficient (Wildman–Crippen LogP) is 6.39. The van der Waals surface area contributed by atoms with E-state index < -0.39 is 0 Å². The molecule has 0 unspecified atom stereocenters. The standard InChI is InChI=1S/C15H17NO3.C7H7Br/c1-2-13-10-14(8-9-15(13)16(17)18)19-11-12-6-4-3-5-7-12;8-6-7-4-2-1-3-5-7/h4,6-10H,2-3,5,11H2,1H3;1-5H,6H2. The first-order chi connectivity index (χ1) is 13.1. The van der Waals surface area contributed by atoms with Crippen molar-refractivity contribution in [1.29, 1.82) is 0 Å². The molecule has 0 bridgehead atoms. The molecule has 2 aromatic carbocycles. The summed E-state index contributed by atoms with van der Waals surface area (Å²) in [5, 5.41) is 11.8. The zero-order chi connectivity index (χ0) is 19.5. The predicted molar refractivity (Wildman–Crippen MR) is 113 cm³/mol. The maximum Gasteiger partial charge on any atom is 0.272 e. The van der Waals surface area contributed by atoms with Gasteiger partial charge in [-0.3, -0.25) is 10.1 Å². The van der Waals surface area contributed by atoms with Crippen LogP contribution in [0.15, 0.2) is 72.3 Å². The van der Waals surface area contributed by atoms with E-state index in [9.17, 15) is 10.1 Å². The van der Waals surface area contributed by atoms with Gasteiger partial charge in [-0.05, 0) is 42.5 Å². The summed E-state index contributed by atoms with van der Waals surface area (Å²) in [7, 11) is 0. The van der Waals surface area contributed by atoms with Crippen LogP contribution in [0.5, 0.6) is 5.75 Å². The summed E-state index contributed by atoms with van der Waals surface area (Å²) < 4.78 is 5.68. The minimum absolute atomic E-state index is 0.159. The maximum atomic E-state index is 10.8. The van der Waals surface area contributed by atoms with Crippen molar-refractivity contribution < 1.29 is 9.66 Å². The minimum Gasteiger partial charge on any atom is -0.489 e. The van der Waals surface area contributed by atoms with E-state index in [0.29, 0.717) is 24.3 Å². The first kappa shape index (κ1) is 20.9. The zero-order valence-corrected chi connectivity index (χ0v) is 17.0. The Bertz CT molecular complexity index is 800. The molecule has 0 saturated carbocycles. The molecule has 1 aliphatic carbocycles. The molecule has 0 spiro atoms. The van der Waals surface area contributed by atoms with E-state index in [1.54, 1.807) is 12.1 Å². The van der Waals surface area contributed by atoms with E-state index in [2.05, 4.69) is 46.3 Å². The lowest BCUT2D eigenvalue weighted by atomic mass is 10.1. The number of nitro benzene ring substituents is 1. The van der Waals surface area contributed by atoms with Crippen LogP contribution in [0.3, 0.4) is 0 Å². The van der Waals surface area contributed by atoms with Crippen LogP contribution in [0.4, 0.5) is 5.69 Å². The smallest absolute Gasteiger partial charge is 0.272 e. The quantitative estimate of drug-likeness (QED) is 0.303. The summed E-state index contributed by atoms with van der Waals surface area (Å²) in [4.78, 5) is 10.5. The number of hydrogen-bond acceptors (Lipinski definition) is 3. The Hall–Kier alpha value is -2.40. The first-order valence-corrected chi connectivity index (χ1v) is 10.1. The average molecular weight is 430 g/mol. The van der Waals surface area contributed by atoms with E-state index in [1.165, 1.54) is 11.6 Å². The Morgan fingerprint density at radius 1 is 1.15 bits per heavy atom. The lowest BCUT2D eigenvalue weighted by molar-refractivity contribution is -0.385. The fraction of sp³-hybridized carbons (Fsp3) is 0.273. The van der Waals surface area contributed by atoms with E-state index in [1.807, 2.05) is 25.1 Å². The van der Waals surface area contributed by atoms with Crippen molar-refractivity contribution in [3.63, 3.8) is 0 Å². The van der Waals surface area contributed by atoms with Gasteiger partial charge in [-0.2, -0.15) is 0 Å². The van der Waals surface area contributed by atoms with Crippen LogP contribution in [0.2, 0.25) is 0 Å². The summed E-state index contributed by atoms with van der Waals surface area (Å²) >= 11 is 3.36. The Morgan fingerprint density at radius 3 is 2.48 bits per heavy atom. The molecular weight excluding hydrogens is 406 g/mol. The molecule has 142 valence electrons. The summed E-state index contributed by atoms with van der Waals surface area (Å²) in [6.07, 6.45) is 9.11. The third kappa shape index (κ3) is 7.02. The second-order valence-electron chi connectivity index (χ2n) is 6.07. The monoisotopic (exact) mass is 429 g/mol. The highest BCUT2D eigenvalue weighted by atomic mass is 79.9. The molecule has 0 atom stereocenters. The van der Waals surface area contributed by atoms with Gasteiger partial charge < -0.3 is 4.74 Å². The van der Waals surface area contributed by atoms with E-state index in [0.717, 1.165) is 23.7 Å². The van der Waals surface area contributed by atoms with Crippen molar-refractivity contribution in [2.75, 3.05) is 6.61 Å². The summed E-state index contributed by atoms with van der Waals surface area (Å²) in [5.74, 6) is 0.683. The summed E-state index contributed by atoms with van der Waals surface area (Å²) in [5.41, 5.74) is 3.34. The van der Waals surface area contributed by atoms with Crippen LogP contribution in [0, 0.1) is 10.1 Å². The van der Waals surface area contributed by atoms with Crippen molar-refractivity contribution >= 4 is 21.6 Å². The number of halogens is 1. The number of nitro groups is 1. The fourth-order valence-electron chi connectivity index (χ4n) is 2.62. The van der Waals surface area contributed by atoms with Gasteiger partial charge in [-0.1, -0.05) is 71.4 Å². The van der Waals surface area contributed by atoms with Gasteiger partial charge >= 0.3 is 0 Å². The van der Waals surface area contributed by atoms with Crippen LogP contribution >= 0.6 is 15.9 Å². The summed E-state index contributed by atoms with van der Waals surface area (Å²) in [6, 6.07) is 15.2. The van der Waals surface area contributed by atoms with Crippen LogP contribution in [0.1, 0.15) is 30.9 Å². The largest absolute Gasteiger partial charge is 0.489 e. The van der Waals surface area contributed by atoms with Gasteiger partial charge in [0.1, 0.15) is 12.4 Å². The van der Waals surface area contributed by atoms with Gasteiger partial charge in [0.25, 0.3) is 5.69 Å². The number of rotatable bonds is 6. The van der Waals surface area contributed by atoms with Crippen LogP contribution in [0.25, 0.3) is 0 Å². The van der Waals surface area contributed by atoms with E-state index >= 15 is 0 Å². The SMILES string of the molecule is BrCc1ccccc1.CCc1cc(OCC2=CCCC=C2)ccc1[N+](=O)[O-]. The van der Waals surface area contributed by atoms with E-state index in [4.69, 9.17) is 4.74 Å². The lowest BCUT2D eigenvalue weighted by Gasteiger charge is -2.10. The molecule has 0 aromatic heterocycles. The minimum atomic E-state index is -0.352. The molecule has 0 fully saturated rings. The van der Waals surface area contributed by atoms with Crippen LogP contribution in [-0.4, -0.2) is 11.5 Å². The molecule has 1 aliphatic rings. The van der Waals surface area contributed by atoms with Crippen molar-refractivity contribution in [2.24, 2.45) is 0 Å². The van der Waals surface area contributed by atoms with Crippen molar-refractivity contribution in [2.45, 2.75) is 31.5 Å². The van der Waals surface area contributed by atoms with Crippen LogP contribution < -0.4 is 4.74 Å². The Kier molecular flexibility index (Phi) is 8.78. The molecular formula is C22H24BrNO3. The topological polar surface area (TPSA) is 52.4 Å². The Labute approximate surface area is 168 Å². The molecule has 0 aliphatic heterocycles. The molecule has 5 heteroatoms. The van der Waals surface area contributed by atoms with Gasteiger partial charge in [0.05, 0.1) is 4.92 Å². The molecule has 0 heterocycles. The second-order valence-corrected chi connectivity index (χ2v) is 6.63. The molecule has 0 saturated heterocycles. The number of aryl methyl sites for hydroxylation is 1. The highest BCUT2D eigenvalue weighted by Gasteiger charge is 2.13. The molecule has 0 amide bonds. The third-order valence-electron chi connectivity index (χ3n) is 4.10. The molecule has 2 aromatic rings. The number of alkyl halides is 1. The molecule has 0 radical (unpaired) electrons.